The van der Waals surface area contributed by atoms with Crippen molar-refractivity contribution in [2.45, 2.75) is 51.9 Å². The zero-order valence-corrected chi connectivity index (χ0v) is 22.4. The van der Waals surface area contributed by atoms with E-state index in [4.69, 9.17) is 0 Å². The van der Waals surface area contributed by atoms with Crippen LogP contribution in [0.1, 0.15) is 32.8 Å². The Hall–Kier alpha value is -0.900. The molecule has 0 amide bonds. The van der Waals surface area contributed by atoms with E-state index in [-0.39, 0.29) is 24.0 Å². The van der Waals surface area contributed by atoms with Gasteiger partial charge in [0.2, 0.25) is 0 Å². The van der Waals surface area contributed by atoms with Crippen LogP contribution in [0.2, 0.25) is 0 Å². The number of guanidine groups is 1. The van der Waals surface area contributed by atoms with E-state index in [0.717, 1.165) is 58.2 Å². The summed E-state index contributed by atoms with van der Waals surface area (Å²) < 4.78 is 0. The first kappa shape index (κ1) is 26.4. The minimum Gasteiger partial charge on any atom is -0.355 e. The lowest BCUT2D eigenvalue weighted by Crippen LogP contribution is -2.55. The second kappa shape index (κ2) is 13.0. The fourth-order valence-corrected chi connectivity index (χ4v) is 4.77. The number of nitrogens with zero attached hydrogens (tertiary/aromatic N) is 4. The normalized spacial score (nSPS) is 24.8. The molecule has 0 aromatic heterocycles. The second-order valence-corrected chi connectivity index (χ2v) is 9.44. The minimum absolute atomic E-state index is 0. The largest absolute Gasteiger partial charge is 0.355 e. The van der Waals surface area contributed by atoms with Crippen LogP contribution >= 0.6 is 24.0 Å². The maximum atomic E-state index is 4.52. The maximum Gasteiger partial charge on any atom is 0.191 e. The summed E-state index contributed by atoms with van der Waals surface area (Å²) in [6, 6.07) is 12.3. The Kier molecular flexibility index (Phi) is 11.0. The fourth-order valence-electron chi connectivity index (χ4n) is 4.77. The van der Waals surface area contributed by atoms with Crippen molar-refractivity contribution < 1.29 is 0 Å². The molecule has 0 aliphatic carbocycles. The van der Waals surface area contributed by atoms with Crippen molar-refractivity contribution in [3.05, 3.63) is 35.9 Å². The molecule has 2 aliphatic rings. The molecular weight excluding hydrogens is 499 g/mol. The molecule has 3 rings (SSSR count). The third-order valence-electron chi connectivity index (χ3n) is 6.75. The highest BCUT2D eigenvalue weighted by Crippen LogP contribution is 2.20. The smallest absolute Gasteiger partial charge is 0.191 e. The van der Waals surface area contributed by atoms with Gasteiger partial charge in [0.15, 0.2) is 5.96 Å². The highest BCUT2D eigenvalue weighted by atomic mass is 127. The minimum atomic E-state index is 0. The molecule has 3 unspecified atom stereocenters. The van der Waals surface area contributed by atoms with Crippen LogP contribution in [0.4, 0.5) is 0 Å². The van der Waals surface area contributed by atoms with E-state index in [2.05, 4.69) is 88.5 Å². The lowest BCUT2D eigenvalue weighted by molar-refractivity contribution is 0.0899. The third kappa shape index (κ3) is 7.87. The molecule has 2 fully saturated rings. The van der Waals surface area contributed by atoms with Crippen molar-refractivity contribution in [3.8, 4) is 0 Å². The van der Waals surface area contributed by atoms with E-state index in [1.54, 1.807) is 0 Å². The van der Waals surface area contributed by atoms with E-state index in [0.29, 0.717) is 24.0 Å². The van der Waals surface area contributed by atoms with Gasteiger partial charge in [-0.2, -0.15) is 0 Å². The summed E-state index contributed by atoms with van der Waals surface area (Å²) in [4.78, 5) is 12.2. The molecule has 176 valence electrons. The van der Waals surface area contributed by atoms with E-state index in [1.165, 1.54) is 5.56 Å². The summed E-state index contributed by atoms with van der Waals surface area (Å²) >= 11 is 0. The van der Waals surface area contributed by atoms with Crippen LogP contribution in [0.5, 0.6) is 0 Å². The van der Waals surface area contributed by atoms with Crippen LogP contribution in [0.15, 0.2) is 35.3 Å². The Morgan fingerprint density at radius 1 is 1.13 bits per heavy atom. The Labute approximate surface area is 206 Å². The molecule has 0 spiro atoms. The number of aliphatic imine (C=N–C) groups is 1. The number of hydrogen-bond acceptors (Lipinski definition) is 4. The Morgan fingerprint density at radius 2 is 1.81 bits per heavy atom. The van der Waals surface area contributed by atoms with Crippen LogP contribution in [0.3, 0.4) is 0 Å². The van der Waals surface area contributed by atoms with Gasteiger partial charge in [-0.3, -0.25) is 14.8 Å². The molecule has 1 aromatic carbocycles. The molecule has 31 heavy (non-hydrogen) atoms. The SMILES string of the molecule is CN=C(NCC(C(C)C)N1CCN(C)CC1)NC1CC(C)N(Cc2ccccc2)C1.I. The lowest BCUT2D eigenvalue weighted by atomic mass is 10.0. The average Bonchev–Trinajstić information content (AvgIpc) is 3.07. The number of hydrogen-bond donors (Lipinski definition) is 2. The third-order valence-corrected chi connectivity index (χ3v) is 6.75. The monoisotopic (exact) mass is 542 g/mol. The zero-order chi connectivity index (χ0) is 21.5. The van der Waals surface area contributed by atoms with E-state index < -0.39 is 0 Å². The number of likely N-dealkylation sites (tertiary alicyclic amines) is 1. The lowest BCUT2D eigenvalue weighted by Gasteiger charge is -2.40. The molecule has 0 saturated carbocycles. The first-order valence-electron chi connectivity index (χ1n) is 11.6. The van der Waals surface area contributed by atoms with Crippen molar-refractivity contribution in [2.75, 3.05) is 53.4 Å². The van der Waals surface area contributed by atoms with Crippen molar-refractivity contribution in [1.82, 2.24) is 25.3 Å². The van der Waals surface area contributed by atoms with E-state index in [1.807, 2.05) is 7.05 Å². The summed E-state index contributed by atoms with van der Waals surface area (Å²) in [5.41, 5.74) is 1.39. The van der Waals surface area contributed by atoms with Gasteiger partial charge in [0.1, 0.15) is 0 Å². The van der Waals surface area contributed by atoms with Gasteiger partial charge in [0.25, 0.3) is 0 Å². The van der Waals surface area contributed by atoms with Gasteiger partial charge in [-0.15, -0.1) is 24.0 Å². The number of benzene rings is 1. The van der Waals surface area contributed by atoms with Crippen molar-refractivity contribution in [1.29, 1.82) is 0 Å². The van der Waals surface area contributed by atoms with Crippen LogP contribution in [0.25, 0.3) is 0 Å². The maximum absolute atomic E-state index is 4.52. The Balaban J connectivity index is 0.00000341. The summed E-state index contributed by atoms with van der Waals surface area (Å²) in [5.74, 6) is 1.56. The summed E-state index contributed by atoms with van der Waals surface area (Å²) in [5, 5.41) is 7.32. The molecule has 2 heterocycles. The molecule has 7 heteroatoms. The van der Waals surface area contributed by atoms with E-state index in [9.17, 15) is 0 Å². The Morgan fingerprint density at radius 3 is 2.42 bits per heavy atom. The first-order chi connectivity index (χ1) is 14.5. The van der Waals surface area contributed by atoms with Crippen molar-refractivity contribution >= 4 is 29.9 Å². The van der Waals surface area contributed by atoms with Gasteiger partial charge in [-0.05, 0) is 31.9 Å². The van der Waals surface area contributed by atoms with Gasteiger partial charge in [-0.25, -0.2) is 0 Å². The van der Waals surface area contributed by atoms with Gasteiger partial charge < -0.3 is 15.5 Å². The summed E-state index contributed by atoms with van der Waals surface area (Å²) in [6.45, 7) is 14.7. The van der Waals surface area contributed by atoms with Gasteiger partial charge >= 0.3 is 0 Å². The number of nitrogens with one attached hydrogen (secondary N) is 2. The molecular formula is C24H43IN6. The highest BCUT2D eigenvalue weighted by Gasteiger charge is 2.30. The molecule has 2 saturated heterocycles. The van der Waals surface area contributed by atoms with Gasteiger partial charge in [0.05, 0.1) is 0 Å². The molecule has 3 atom stereocenters. The van der Waals surface area contributed by atoms with Gasteiger partial charge in [0, 0.05) is 71.0 Å². The quantitative estimate of drug-likeness (QED) is 0.315. The van der Waals surface area contributed by atoms with Crippen LogP contribution in [-0.2, 0) is 6.54 Å². The second-order valence-electron chi connectivity index (χ2n) is 9.44. The first-order valence-corrected chi connectivity index (χ1v) is 11.6. The number of rotatable bonds is 7. The molecule has 6 nitrogen and oxygen atoms in total. The highest BCUT2D eigenvalue weighted by molar-refractivity contribution is 14.0. The van der Waals surface area contributed by atoms with Crippen LogP contribution < -0.4 is 10.6 Å². The standard InChI is InChI=1S/C24H42N6.HI/c1-19(2)23(29-13-11-28(5)12-14-29)16-26-24(25-4)27-22-15-20(3)30(18-22)17-21-9-7-6-8-10-21;/h6-10,19-20,22-23H,11-18H2,1-5H3,(H2,25,26,27);1H. The number of piperazine rings is 1. The van der Waals surface area contributed by atoms with E-state index >= 15 is 0 Å². The molecule has 2 N–H and O–H groups in total. The molecule has 0 radical (unpaired) electrons. The van der Waals surface area contributed by atoms with Crippen molar-refractivity contribution in [2.24, 2.45) is 10.9 Å². The summed E-state index contributed by atoms with van der Waals surface area (Å²) in [6.07, 6.45) is 1.15. The average molecular weight is 543 g/mol. The van der Waals surface area contributed by atoms with Crippen LogP contribution in [0, 0.1) is 5.92 Å². The van der Waals surface area contributed by atoms with Crippen LogP contribution in [-0.4, -0.2) is 92.1 Å². The van der Waals surface area contributed by atoms with Crippen molar-refractivity contribution in [3.63, 3.8) is 0 Å². The molecule has 1 aromatic rings. The van der Waals surface area contributed by atoms with Gasteiger partial charge in [-0.1, -0.05) is 44.2 Å². The molecule has 2 aliphatic heterocycles. The zero-order valence-electron chi connectivity index (χ0n) is 20.1. The fraction of sp³-hybridized carbons (Fsp3) is 0.708. The predicted molar refractivity (Wildman–Crippen MR) is 142 cm³/mol. The predicted octanol–water partition coefficient (Wildman–Crippen LogP) is 2.70. The molecule has 0 bridgehead atoms. The topological polar surface area (TPSA) is 46.1 Å². The Bertz CT molecular complexity index is 659. The summed E-state index contributed by atoms with van der Waals surface area (Å²) in [7, 11) is 4.10. The number of halogens is 1. The number of likely N-dealkylation sites (N-methyl/N-ethyl adjacent to an activating group) is 1.